The summed E-state index contributed by atoms with van der Waals surface area (Å²) in [5.74, 6) is 0. The molecule has 2 aromatic rings. The summed E-state index contributed by atoms with van der Waals surface area (Å²) < 4.78 is 0. The number of fused-ring (bicyclic) bond motifs is 1. The van der Waals surface area contributed by atoms with Crippen molar-refractivity contribution in [3.63, 3.8) is 0 Å². The molecule has 1 aliphatic rings. The average molecular weight is 223 g/mol. The normalized spacial score (nSPS) is 16.1. The van der Waals surface area contributed by atoms with Crippen molar-refractivity contribution in [2.75, 3.05) is 0 Å². The number of aryl methyl sites for hydroxylation is 1. The number of hydrogen-bond donors (Lipinski definition) is 1. The molecule has 84 valence electrons. The van der Waals surface area contributed by atoms with Crippen molar-refractivity contribution >= 4 is 5.71 Å². The molecule has 0 aromatic heterocycles. The first-order chi connectivity index (χ1) is 8.38. The second-order valence-electron chi connectivity index (χ2n) is 4.28. The van der Waals surface area contributed by atoms with Crippen LogP contribution >= 0.6 is 0 Å². The van der Waals surface area contributed by atoms with E-state index in [1.54, 1.807) is 0 Å². The van der Waals surface area contributed by atoms with E-state index in [2.05, 4.69) is 35.5 Å². The predicted molar refractivity (Wildman–Crippen MR) is 68.5 cm³/mol. The van der Waals surface area contributed by atoms with E-state index in [0.29, 0.717) is 0 Å². The maximum absolute atomic E-state index is 8.96. The molecular formula is C15H13NO. The molecule has 0 amide bonds. The molecule has 17 heavy (non-hydrogen) atoms. The van der Waals surface area contributed by atoms with Crippen LogP contribution in [-0.4, -0.2) is 10.9 Å². The van der Waals surface area contributed by atoms with Crippen LogP contribution < -0.4 is 0 Å². The third kappa shape index (κ3) is 1.72. The molecule has 1 N–H and O–H groups in total. The largest absolute Gasteiger partial charge is 0.411 e. The van der Waals surface area contributed by atoms with E-state index in [9.17, 15) is 0 Å². The Balaban J connectivity index is 2.11. The first-order valence-electron chi connectivity index (χ1n) is 5.78. The minimum absolute atomic E-state index is 0.804. The highest BCUT2D eigenvalue weighted by Crippen LogP contribution is 2.28. The summed E-state index contributed by atoms with van der Waals surface area (Å²) in [5.41, 5.74) is 5.54. The van der Waals surface area contributed by atoms with Gasteiger partial charge in [-0.05, 0) is 35.6 Å². The molecule has 0 fully saturated rings. The van der Waals surface area contributed by atoms with Crippen LogP contribution in [-0.2, 0) is 6.42 Å². The van der Waals surface area contributed by atoms with Gasteiger partial charge in [-0.15, -0.1) is 0 Å². The third-order valence-corrected chi connectivity index (χ3v) is 3.28. The first-order valence-corrected chi connectivity index (χ1v) is 5.78. The van der Waals surface area contributed by atoms with Gasteiger partial charge in [0.05, 0.1) is 5.71 Å². The van der Waals surface area contributed by atoms with Gasteiger partial charge >= 0.3 is 0 Å². The van der Waals surface area contributed by atoms with Crippen LogP contribution in [0.3, 0.4) is 0 Å². The fourth-order valence-electron chi connectivity index (χ4n) is 2.36. The summed E-state index contributed by atoms with van der Waals surface area (Å²) in [7, 11) is 0. The van der Waals surface area contributed by atoms with Gasteiger partial charge in [0, 0.05) is 5.56 Å². The number of nitrogens with zero attached hydrogens (tertiary/aromatic N) is 1. The molecule has 2 nitrogen and oxygen atoms in total. The first kappa shape index (κ1) is 10.1. The van der Waals surface area contributed by atoms with Crippen LogP contribution in [0.25, 0.3) is 11.1 Å². The average Bonchev–Trinajstić information content (AvgIpc) is 2.81. The molecule has 3 rings (SSSR count). The fraction of sp³-hybridized carbons (Fsp3) is 0.133. The van der Waals surface area contributed by atoms with Gasteiger partial charge in [-0.2, -0.15) is 0 Å². The molecule has 0 aliphatic heterocycles. The minimum atomic E-state index is 0.804. The SMILES string of the molecule is O/N=C1/CCc2ccc(-c3ccccc3)cc21. The van der Waals surface area contributed by atoms with E-state index in [1.165, 1.54) is 16.7 Å². The monoisotopic (exact) mass is 223 g/mol. The molecule has 0 atom stereocenters. The van der Waals surface area contributed by atoms with Crippen molar-refractivity contribution in [3.8, 4) is 11.1 Å². The van der Waals surface area contributed by atoms with Crippen molar-refractivity contribution in [1.29, 1.82) is 0 Å². The standard InChI is InChI=1S/C15H13NO/c17-16-15-9-8-12-6-7-13(10-14(12)15)11-4-2-1-3-5-11/h1-7,10,17H,8-9H2/b16-15-. The predicted octanol–water partition coefficient (Wildman–Crippen LogP) is 3.48. The van der Waals surface area contributed by atoms with E-state index >= 15 is 0 Å². The Morgan fingerprint density at radius 2 is 1.71 bits per heavy atom. The molecule has 1 aliphatic carbocycles. The summed E-state index contributed by atoms with van der Waals surface area (Å²) in [6, 6.07) is 16.6. The van der Waals surface area contributed by atoms with E-state index in [4.69, 9.17) is 5.21 Å². The zero-order valence-corrected chi connectivity index (χ0v) is 9.43. The Kier molecular flexibility index (Phi) is 2.41. The van der Waals surface area contributed by atoms with Crippen LogP contribution in [0.1, 0.15) is 17.5 Å². The van der Waals surface area contributed by atoms with Crippen molar-refractivity contribution in [2.24, 2.45) is 5.16 Å². The Bertz CT molecular complexity index is 573. The summed E-state index contributed by atoms with van der Waals surface area (Å²) in [4.78, 5) is 0. The van der Waals surface area contributed by atoms with Gasteiger partial charge in [0.1, 0.15) is 0 Å². The second kappa shape index (κ2) is 4.06. The molecule has 2 aromatic carbocycles. The Morgan fingerprint density at radius 1 is 0.882 bits per heavy atom. The van der Waals surface area contributed by atoms with Crippen LogP contribution in [0.5, 0.6) is 0 Å². The molecule has 0 saturated carbocycles. The molecular weight excluding hydrogens is 210 g/mol. The van der Waals surface area contributed by atoms with Crippen LogP contribution in [0.4, 0.5) is 0 Å². The highest BCUT2D eigenvalue weighted by atomic mass is 16.4. The lowest BCUT2D eigenvalue weighted by atomic mass is 10.0. The summed E-state index contributed by atoms with van der Waals surface area (Å²) in [5, 5.41) is 12.3. The number of rotatable bonds is 1. The van der Waals surface area contributed by atoms with Crippen LogP contribution in [0.2, 0.25) is 0 Å². The Morgan fingerprint density at radius 3 is 2.47 bits per heavy atom. The smallest absolute Gasteiger partial charge is 0.0874 e. The highest BCUT2D eigenvalue weighted by Gasteiger charge is 2.18. The summed E-state index contributed by atoms with van der Waals surface area (Å²) >= 11 is 0. The molecule has 0 saturated heterocycles. The van der Waals surface area contributed by atoms with Gasteiger partial charge in [-0.25, -0.2) is 0 Å². The highest BCUT2D eigenvalue weighted by molar-refractivity contribution is 6.05. The number of benzene rings is 2. The van der Waals surface area contributed by atoms with Crippen molar-refractivity contribution in [2.45, 2.75) is 12.8 Å². The maximum Gasteiger partial charge on any atom is 0.0874 e. The van der Waals surface area contributed by atoms with Crippen molar-refractivity contribution < 1.29 is 5.21 Å². The molecule has 0 unspecified atom stereocenters. The number of hydrogen-bond acceptors (Lipinski definition) is 2. The summed E-state index contributed by atoms with van der Waals surface area (Å²) in [6.07, 6.45) is 1.81. The van der Waals surface area contributed by atoms with Gasteiger partial charge in [0.15, 0.2) is 0 Å². The lowest BCUT2D eigenvalue weighted by Crippen LogP contribution is -1.94. The topological polar surface area (TPSA) is 32.6 Å². The van der Waals surface area contributed by atoms with Crippen molar-refractivity contribution in [3.05, 3.63) is 59.7 Å². The molecule has 0 heterocycles. The van der Waals surface area contributed by atoms with Gasteiger partial charge in [0.2, 0.25) is 0 Å². The lowest BCUT2D eigenvalue weighted by molar-refractivity contribution is 0.318. The molecule has 2 heteroatoms. The molecule has 0 bridgehead atoms. The van der Waals surface area contributed by atoms with E-state index in [1.807, 2.05) is 18.2 Å². The van der Waals surface area contributed by atoms with E-state index in [0.717, 1.165) is 24.1 Å². The van der Waals surface area contributed by atoms with Crippen molar-refractivity contribution in [1.82, 2.24) is 0 Å². The quantitative estimate of drug-likeness (QED) is 0.582. The van der Waals surface area contributed by atoms with Gasteiger partial charge in [-0.3, -0.25) is 0 Å². The van der Waals surface area contributed by atoms with E-state index in [-0.39, 0.29) is 0 Å². The Labute approximate surface area is 100 Å². The zero-order chi connectivity index (χ0) is 11.7. The molecule has 0 radical (unpaired) electrons. The fourth-order valence-corrected chi connectivity index (χ4v) is 2.36. The van der Waals surface area contributed by atoms with Gasteiger partial charge < -0.3 is 5.21 Å². The summed E-state index contributed by atoms with van der Waals surface area (Å²) in [6.45, 7) is 0. The second-order valence-corrected chi connectivity index (χ2v) is 4.28. The lowest BCUT2D eigenvalue weighted by Gasteiger charge is -2.05. The van der Waals surface area contributed by atoms with Gasteiger partial charge in [0.25, 0.3) is 0 Å². The minimum Gasteiger partial charge on any atom is -0.411 e. The number of oxime groups is 1. The van der Waals surface area contributed by atoms with E-state index < -0.39 is 0 Å². The zero-order valence-electron chi connectivity index (χ0n) is 9.43. The molecule has 0 spiro atoms. The third-order valence-electron chi connectivity index (χ3n) is 3.28. The van der Waals surface area contributed by atoms with Crippen LogP contribution in [0, 0.1) is 0 Å². The van der Waals surface area contributed by atoms with Crippen LogP contribution in [0.15, 0.2) is 53.7 Å². The Hall–Kier alpha value is -2.09. The van der Waals surface area contributed by atoms with Gasteiger partial charge in [-0.1, -0.05) is 47.6 Å². The maximum atomic E-state index is 8.96.